The van der Waals surface area contributed by atoms with Crippen molar-refractivity contribution in [2.45, 2.75) is 58.5 Å². The van der Waals surface area contributed by atoms with Crippen LogP contribution in [0.1, 0.15) is 34.1 Å². The summed E-state index contributed by atoms with van der Waals surface area (Å²) >= 11 is 0. The minimum Gasteiger partial charge on any atom is -0.460 e. The zero-order valence-electron chi connectivity index (χ0n) is 15.0. The lowest BCUT2D eigenvalue weighted by atomic mass is 9.95. The van der Waals surface area contributed by atoms with Gasteiger partial charge in [0.1, 0.15) is 6.10 Å². The van der Waals surface area contributed by atoms with E-state index < -0.39 is 60.5 Å². The van der Waals surface area contributed by atoms with E-state index in [0.29, 0.717) is 0 Å². The van der Waals surface area contributed by atoms with Crippen LogP contribution in [0.3, 0.4) is 0 Å². The van der Waals surface area contributed by atoms with E-state index >= 15 is 0 Å². The van der Waals surface area contributed by atoms with Gasteiger partial charge in [-0.15, -0.1) is 0 Å². The minimum absolute atomic E-state index is 0.0219. The van der Waals surface area contributed by atoms with Crippen molar-refractivity contribution in [3.05, 3.63) is 0 Å². The van der Waals surface area contributed by atoms with Gasteiger partial charge in [-0.1, -0.05) is 0 Å². The van der Waals surface area contributed by atoms with E-state index in [9.17, 15) is 24.0 Å². The van der Waals surface area contributed by atoms with Crippen LogP contribution in [-0.4, -0.2) is 67.3 Å². The molecule has 10 nitrogen and oxygen atoms in total. The molecule has 0 aromatic carbocycles. The molecule has 146 valence electrons. The molecule has 4 atom stereocenters. The average molecular weight is 374 g/mol. The summed E-state index contributed by atoms with van der Waals surface area (Å²) in [5.74, 6) is -4.03. The van der Waals surface area contributed by atoms with Gasteiger partial charge < -0.3 is 23.7 Å². The molecule has 26 heavy (non-hydrogen) atoms. The van der Waals surface area contributed by atoms with Gasteiger partial charge in [-0.2, -0.15) is 0 Å². The van der Waals surface area contributed by atoms with Crippen LogP contribution in [0.4, 0.5) is 0 Å². The third-order valence-corrected chi connectivity index (χ3v) is 3.34. The lowest BCUT2D eigenvalue weighted by Gasteiger charge is -2.40. The summed E-state index contributed by atoms with van der Waals surface area (Å²) in [5.41, 5.74) is 0. The molecule has 0 aromatic rings. The van der Waals surface area contributed by atoms with E-state index in [1.54, 1.807) is 6.92 Å². The fourth-order valence-electron chi connectivity index (χ4n) is 2.47. The van der Waals surface area contributed by atoms with Gasteiger partial charge in [0.05, 0.1) is 13.2 Å². The van der Waals surface area contributed by atoms with Crippen molar-refractivity contribution in [3.63, 3.8) is 0 Å². The Hall–Kier alpha value is -2.49. The highest BCUT2D eigenvalue weighted by Gasteiger charge is 2.47. The molecular formula is C16H22O10. The molecule has 0 spiro atoms. The minimum atomic E-state index is -1.24. The molecule has 0 saturated carbocycles. The van der Waals surface area contributed by atoms with Gasteiger partial charge in [-0.25, -0.2) is 4.79 Å². The van der Waals surface area contributed by atoms with Crippen molar-refractivity contribution in [3.8, 4) is 0 Å². The Morgan fingerprint density at radius 1 is 0.885 bits per heavy atom. The molecule has 1 aliphatic heterocycles. The maximum absolute atomic E-state index is 11.9. The maximum atomic E-state index is 11.9. The normalized spacial score (nSPS) is 24.9. The van der Waals surface area contributed by atoms with Crippen molar-refractivity contribution < 1.29 is 47.7 Å². The van der Waals surface area contributed by atoms with Crippen LogP contribution in [0.5, 0.6) is 0 Å². The Morgan fingerprint density at radius 2 is 1.42 bits per heavy atom. The third kappa shape index (κ3) is 6.43. The van der Waals surface area contributed by atoms with Crippen LogP contribution in [-0.2, 0) is 47.7 Å². The predicted molar refractivity (Wildman–Crippen MR) is 82.7 cm³/mol. The summed E-state index contributed by atoms with van der Waals surface area (Å²) in [5, 5.41) is 0. The van der Waals surface area contributed by atoms with Gasteiger partial charge >= 0.3 is 23.9 Å². The van der Waals surface area contributed by atoms with Gasteiger partial charge in [0.2, 0.25) is 5.78 Å². The van der Waals surface area contributed by atoms with Gasteiger partial charge in [0.25, 0.3) is 0 Å². The van der Waals surface area contributed by atoms with Crippen LogP contribution < -0.4 is 0 Å². The summed E-state index contributed by atoms with van der Waals surface area (Å²) in [6.07, 6.45) is -5.00. The first-order valence-corrected chi connectivity index (χ1v) is 7.98. The molecule has 0 aliphatic carbocycles. The van der Waals surface area contributed by atoms with Crippen molar-refractivity contribution in [2.75, 3.05) is 13.2 Å². The summed E-state index contributed by atoms with van der Waals surface area (Å²) in [6.45, 7) is 4.75. The first-order chi connectivity index (χ1) is 12.1. The first kappa shape index (κ1) is 21.6. The predicted octanol–water partition coefficient (Wildman–Crippen LogP) is -0.297. The number of carbonyl (C=O) groups excluding carboxylic acids is 5. The number of esters is 4. The van der Waals surface area contributed by atoms with Gasteiger partial charge in [-0.3, -0.25) is 19.2 Å². The van der Waals surface area contributed by atoms with Crippen molar-refractivity contribution >= 4 is 29.7 Å². The molecule has 1 aliphatic rings. The van der Waals surface area contributed by atoms with E-state index in [0.717, 1.165) is 20.8 Å². The van der Waals surface area contributed by atoms with Gasteiger partial charge in [0, 0.05) is 27.2 Å². The molecule has 1 heterocycles. The lowest BCUT2D eigenvalue weighted by molar-refractivity contribution is -0.226. The molecule has 0 aromatic heterocycles. The monoisotopic (exact) mass is 374 g/mol. The summed E-state index contributed by atoms with van der Waals surface area (Å²) in [4.78, 5) is 57.6. The molecule has 0 unspecified atom stereocenters. The molecule has 0 radical (unpaired) electrons. The van der Waals surface area contributed by atoms with E-state index in [1.165, 1.54) is 0 Å². The number of ketones is 1. The highest BCUT2D eigenvalue weighted by Crippen LogP contribution is 2.26. The quantitative estimate of drug-likeness (QED) is 0.332. The molecule has 0 N–H and O–H groups in total. The smallest absolute Gasteiger partial charge is 0.374 e. The van der Waals surface area contributed by atoms with E-state index in [-0.39, 0.29) is 13.2 Å². The maximum Gasteiger partial charge on any atom is 0.374 e. The lowest BCUT2D eigenvalue weighted by Crippen LogP contribution is -2.58. The molecule has 1 fully saturated rings. The zero-order chi connectivity index (χ0) is 19.9. The molecule has 10 heteroatoms. The number of Topliss-reactive ketones (excluding diaryl/α,β-unsaturated/α-hetero) is 1. The average Bonchev–Trinajstić information content (AvgIpc) is 2.51. The molecular weight excluding hydrogens is 352 g/mol. The Balaban J connectivity index is 3.04. The number of ether oxygens (including phenoxy) is 5. The first-order valence-electron chi connectivity index (χ1n) is 7.98. The Labute approximate surface area is 150 Å². The fraction of sp³-hybridized carbons (Fsp3) is 0.688. The number of carbonyl (C=O) groups is 5. The fourth-order valence-corrected chi connectivity index (χ4v) is 2.47. The zero-order valence-corrected chi connectivity index (χ0v) is 15.0. The summed E-state index contributed by atoms with van der Waals surface area (Å²) in [6, 6.07) is 0. The summed E-state index contributed by atoms with van der Waals surface area (Å²) < 4.78 is 25.4. The van der Waals surface area contributed by atoms with E-state index in [1.807, 2.05) is 0 Å². The Morgan fingerprint density at radius 3 is 1.92 bits per heavy atom. The molecule has 1 rings (SSSR count). The molecule has 0 bridgehead atoms. The highest BCUT2D eigenvalue weighted by atomic mass is 16.6. The molecule has 0 amide bonds. The number of hydrogen-bond donors (Lipinski definition) is 0. The van der Waals surface area contributed by atoms with Crippen LogP contribution in [0, 0.1) is 0 Å². The van der Waals surface area contributed by atoms with Crippen molar-refractivity contribution in [1.29, 1.82) is 0 Å². The van der Waals surface area contributed by atoms with Gasteiger partial charge in [0.15, 0.2) is 18.3 Å². The van der Waals surface area contributed by atoms with Crippen LogP contribution in [0.2, 0.25) is 0 Å². The second-order valence-corrected chi connectivity index (χ2v) is 5.52. The van der Waals surface area contributed by atoms with Crippen LogP contribution >= 0.6 is 0 Å². The van der Waals surface area contributed by atoms with E-state index in [2.05, 4.69) is 4.74 Å². The van der Waals surface area contributed by atoms with Crippen LogP contribution in [0.25, 0.3) is 0 Å². The Kier molecular flexibility index (Phi) is 8.17. The summed E-state index contributed by atoms with van der Waals surface area (Å²) in [7, 11) is 0. The van der Waals surface area contributed by atoms with Crippen molar-refractivity contribution in [1.82, 2.24) is 0 Å². The van der Waals surface area contributed by atoms with Crippen molar-refractivity contribution in [2.24, 2.45) is 0 Å². The second kappa shape index (κ2) is 9.85. The van der Waals surface area contributed by atoms with Crippen LogP contribution in [0.15, 0.2) is 0 Å². The highest BCUT2D eigenvalue weighted by molar-refractivity contribution is 6.33. The van der Waals surface area contributed by atoms with Gasteiger partial charge in [-0.05, 0) is 6.92 Å². The Bertz CT molecular complexity index is 569. The van der Waals surface area contributed by atoms with E-state index in [4.69, 9.17) is 18.9 Å². The third-order valence-electron chi connectivity index (χ3n) is 3.34. The second-order valence-electron chi connectivity index (χ2n) is 5.52. The number of hydrogen-bond acceptors (Lipinski definition) is 10. The topological polar surface area (TPSA) is 132 Å². The SMILES string of the molecule is CCOC(=O)C(=O)C[C@@H]1OC[C@@H](OC(C)=O)[C@@H](OC(C)=O)[C@@H]1OC(C)=O. The number of rotatable bonds is 7. The standard InChI is InChI=1S/C16H22O10/c1-5-22-16(21)11(20)6-12-14(25-9(3)18)15(26-10(4)19)13(7-23-12)24-8(2)17/h12-15H,5-7H2,1-4H3/t12-,13+,14+,15+/m0/s1. The molecule has 1 saturated heterocycles. The largest absolute Gasteiger partial charge is 0.460 e.